The molecule has 9 heteroatoms. The van der Waals surface area contributed by atoms with Gasteiger partial charge in [0.05, 0.1) is 12.3 Å². The molecule has 118 valence electrons. The number of carbonyl (C=O) groups is 1. The summed E-state index contributed by atoms with van der Waals surface area (Å²) in [5.74, 6) is -0.160. The van der Waals surface area contributed by atoms with E-state index in [4.69, 9.17) is 15.6 Å². The Morgan fingerprint density at radius 3 is 2.67 bits per heavy atom. The number of ether oxygens (including phenoxy) is 1. The largest absolute Gasteiger partial charge is 0.399 e. The average Bonchev–Trinajstić information content (AvgIpc) is 2.39. The van der Waals surface area contributed by atoms with Crippen molar-refractivity contribution in [2.75, 3.05) is 37.9 Å². The first-order chi connectivity index (χ1) is 9.84. The molecule has 0 radical (unpaired) electrons. The second-order valence-electron chi connectivity index (χ2n) is 4.32. The molecule has 0 aliphatic rings. The molecule has 0 unspecified atom stereocenters. The van der Waals surface area contributed by atoms with Gasteiger partial charge in [0, 0.05) is 32.3 Å². The summed E-state index contributed by atoms with van der Waals surface area (Å²) in [6.45, 7) is 1.14. The number of nitrogen functional groups attached to an aromatic ring is 1. The number of hydrogen-bond acceptors (Lipinski definition) is 6. The fourth-order valence-electron chi connectivity index (χ4n) is 1.61. The van der Waals surface area contributed by atoms with Crippen LogP contribution in [-0.2, 0) is 19.6 Å². The molecule has 21 heavy (non-hydrogen) atoms. The second kappa shape index (κ2) is 7.81. The monoisotopic (exact) mass is 316 g/mol. The predicted molar refractivity (Wildman–Crippen MR) is 80.2 cm³/mol. The summed E-state index contributed by atoms with van der Waals surface area (Å²) in [6.07, 6.45) is 0.193. The SMILES string of the molecule is COCCNC(=O)CCNc1ccc(N)cc1S(N)(=O)=O. The van der Waals surface area contributed by atoms with Crippen molar-refractivity contribution in [1.82, 2.24) is 5.32 Å². The lowest BCUT2D eigenvalue weighted by Gasteiger charge is -2.11. The summed E-state index contributed by atoms with van der Waals surface area (Å²) < 4.78 is 27.7. The number of carbonyl (C=O) groups excluding carboxylic acids is 1. The lowest BCUT2D eigenvalue weighted by molar-refractivity contribution is -0.121. The molecule has 1 aromatic rings. The Morgan fingerprint density at radius 1 is 1.33 bits per heavy atom. The minimum absolute atomic E-state index is 0.0951. The van der Waals surface area contributed by atoms with Crippen LogP contribution in [0.2, 0.25) is 0 Å². The molecule has 1 aromatic carbocycles. The van der Waals surface area contributed by atoms with E-state index in [-0.39, 0.29) is 23.8 Å². The van der Waals surface area contributed by atoms with Crippen LogP contribution >= 0.6 is 0 Å². The van der Waals surface area contributed by atoms with Crippen LogP contribution in [-0.4, -0.2) is 41.1 Å². The first-order valence-corrected chi connectivity index (χ1v) is 7.81. The van der Waals surface area contributed by atoms with Crippen LogP contribution in [0.15, 0.2) is 23.1 Å². The number of anilines is 2. The van der Waals surface area contributed by atoms with Crippen molar-refractivity contribution < 1.29 is 17.9 Å². The third-order valence-corrected chi connectivity index (χ3v) is 3.56. The number of primary sulfonamides is 1. The number of benzene rings is 1. The van der Waals surface area contributed by atoms with Gasteiger partial charge in [-0.3, -0.25) is 4.79 Å². The maximum absolute atomic E-state index is 11.5. The average molecular weight is 316 g/mol. The van der Waals surface area contributed by atoms with Gasteiger partial charge in [-0.25, -0.2) is 13.6 Å². The summed E-state index contributed by atoms with van der Waals surface area (Å²) in [7, 11) is -2.34. The van der Waals surface area contributed by atoms with Crippen molar-refractivity contribution in [3.05, 3.63) is 18.2 Å². The van der Waals surface area contributed by atoms with E-state index >= 15 is 0 Å². The Kier molecular flexibility index (Phi) is 6.40. The fraction of sp³-hybridized carbons (Fsp3) is 0.417. The van der Waals surface area contributed by atoms with Crippen molar-refractivity contribution >= 4 is 27.3 Å². The number of methoxy groups -OCH3 is 1. The zero-order valence-electron chi connectivity index (χ0n) is 11.8. The summed E-state index contributed by atoms with van der Waals surface area (Å²) in [5.41, 5.74) is 6.15. The molecule has 0 atom stereocenters. The third-order valence-electron chi connectivity index (χ3n) is 2.61. The number of amides is 1. The number of hydrogen-bond donors (Lipinski definition) is 4. The van der Waals surface area contributed by atoms with Gasteiger partial charge >= 0.3 is 0 Å². The molecular weight excluding hydrogens is 296 g/mol. The van der Waals surface area contributed by atoms with Crippen molar-refractivity contribution in [2.45, 2.75) is 11.3 Å². The first kappa shape index (κ1) is 17.2. The van der Waals surface area contributed by atoms with Crippen LogP contribution in [0.4, 0.5) is 11.4 Å². The minimum Gasteiger partial charge on any atom is -0.399 e. The highest BCUT2D eigenvalue weighted by atomic mass is 32.2. The van der Waals surface area contributed by atoms with Crippen LogP contribution in [0.3, 0.4) is 0 Å². The molecule has 0 spiro atoms. The number of nitrogens with two attached hydrogens (primary N) is 2. The van der Waals surface area contributed by atoms with E-state index in [9.17, 15) is 13.2 Å². The standard InChI is InChI=1S/C12H20N4O4S/c1-20-7-6-16-12(17)4-5-15-10-3-2-9(13)8-11(10)21(14,18)19/h2-3,8,15H,4-7,13H2,1H3,(H,16,17)(H2,14,18,19). The molecule has 8 nitrogen and oxygen atoms in total. The Hall–Kier alpha value is -1.84. The first-order valence-electron chi connectivity index (χ1n) is 6.26. The fourth-order valence-corrected chi connectivity index (χ4v) is 2.36. The molecule has 0 aliphatic heterocycles. The molecule has 1 rings (SSSR count). The van der Waals surface area contributed by atoms with Crippen LogP contribution in [0.5, 0.6) is 0 Å². The zero-order chi connectivity index (χ0) is 15.9. The van der Waals surface area contributed by atoms with Gasteiger partial charge in [0.1, 0.15) is 4.90 Å². The van der Waals surface area contributed by atoms with Crippen LogP contribution in [0.1, 0.15) is 6.42 Å². The van der Waals surface area contributed by atoms with Crippen molar-refractivity contribution in [2.24, 2.45) is 5.14 Å². The smallest absolute Gasteiger partial charge is 0.240 e. The van der Waals surface area contributed by atoms with E-state index in [2.05, 4.69) is 10.6 Å². The second-order valence-corrected chi connectivity index (χ2v) is 5.85. The summed E-state index contributed by atoms with van der Waals surface area (Å²) >= 11 is 0. The summed E-state index contributed by atoms with van der Waals surface area (Å²) in [6, 6.07) is 4.34. The molecule has 0 bridgehead atoms. The van der Waals surface area contributed by atoms with Gasteiger partial charge in [-0.05, 0) is 18.2 Å². The lowest BCUT2D eigenvalue weighted by atomic mass is 10.2. The number of rotatable bonds is 8. The van der Waals surface area contributed by atoms with E-state index in [1.807, 2.05) is 0 Å². The highest BCUT2D eigenvalue weighted by Gasteiger charge is 2.14. The third kappa shape index (κ3) is 5.98. The quantitative estimate of drug-likeness (QED) is 0.376. The van der Waals surface area contributed by atoms with Crippen LogP contribution < -0.4 is 21.5 Å². The van der Waals surface area contributed by atoms with Crippen LogP contribution in [0, 0.1) is 0 Å². The van der Waals surface area contributed by atoms with Gasteiger partial charge in [0.2, 0.25) is 15.9 Å². The minimum atomic E-state index is -3.88. The topological polar surface area (TPSA) is 137 Å². The maximum atomic E-state index is 11.5. The van der Waals surface area contributed by atoms with Crippen LogP contribution in [0.25, 0.3) is 0 Å². The van der Waals surface area contributed by atoms with E-state index in [1.165, 1.54) is 12.1 Å². The normalized spacial score (nSPS) is 11.1. The molecule has 0 fully saturated rings. The highest BCUT2D eigenvalue weighted by molar-refractivity contribution is 7.89. The van der Waals surface area contributed by atoms with Gasteiger partial charge in [-0.2, -0.15) is 0 Å². The molecule has 6 N–H and O–H groups in total. The Bertz CT molecular complexity index is 589. The molecule has 0 heterocycles. The Labute approximate surface area is 123 Å². The van der Waals surface area contributed by atoms with Crippen molar-refractivity contribution in [3.8, 4) is 0 Å². The Morgan fingerprint density at radius 2 is 2.05 bits per heavy atom. The number of sulfonamides is 1. The van der Waals surface area contributed by atoms with Gasteiger partial charge in [0.25, 0.3) is 0 Å². The molecule has 0 aromatic heterocycles. The van der Waals surface area contributed by atoms with E-state index in [0.717, 1.165) is 0 Å². The van der Waals surface area contributed by atoms with Gasteiger partial charge < -0.3 is 21.1 Å². The van der Waals surface area contributed by atoms with Crippen molar-refractivity contribution in [3.63, 3.8) is 0 Å². The van der Waals surface area contributed by atoms with Gasteiger partial charge in [-0.15, -0.1) is 0 Å². The zero-order valence-corrected chi connectivity index (χ0v) is 12.6. The van der Waals surface area contributed by atoms with E-state index in [0.29, 0.717) is 24.5 Å². The maximum Gasteiger partial charge on any atom is 0.240 e. The molecule has 0 saturated carbocycles. The predicted octanol–water partition coefficient (Wildman–Crippen LogP) is -0.519. The molecule has 1 amide bonds. The number of nitrogens with one attached hydrogen (secondary N) is 2. The molecule has 0 aliphatic carbocycles. The van der Waals surface area contributed by atoms with Crippen molar-refractivity contribution in [1.29, 1.82) is 0 Å². The van der Waals surface area contributed by atoms with E-state index < -0.39 is 10.0 Å². The molecular formula is C12H20N4O4S. The van der Waals surface area contributed by atoms with Gasteiger partial charge in [0.15, 0.2) is 0 Å². The van der Waals surface area contributed by atoms with Gasteiger partial charge in [-0.1, -0.05) is 0 Å². The highest BCUT2D eigenvalue weighted by Crippen LogP contribution is 2.22. The molecule has 0 saturated heterocycles. The summed E-state index contributed by atoms with van der Waals surface area (Å²) in [4.78, 5) is 11.4. The lowest BCUT2D eigenvalue weighted by Crippen LogP contribution is -2.28. The summed E-state index contributed by atoms with van der Waals surface area (Å²) in [5, 5.41) is 10.6. The van der Waals surface area contributed by atoms with E-state index in [1.54, 1.807) is 13.2 Å². The Balaban J connectivity index is 2.58.